The first-order valence-electron chi connectivity index (χ1n) is 12.6. The molecule has 166 valence electrons. The number of carboxylic acid groups (broad SMARTS) is 1. The Bertz CT molecular complexity index is 617. The van der Waals surface area contributed by atoms with Gasteiger partial charge >= 0.3 is 5.97 Å². The highest BCUT2D eigenvalue weighted by molar-refractivity contribution is 5.66. The predicted octanol–water partition coefficient (Wildman–Crippen LogP) is 6.14. The highest BCUT2D eigenvalue weighted by Gasteiger charge is 2.64. The van der Waals surface area contributed by atoms with E-state index in [2.05, 4.69) is 27.7 Å². The summed E-state index contributed by atoms with van der Waals surface area (Å²) in [4.78, 5) is 11.1. The van der Waals surface area contributed by atoms with Crippen LogP contribution in [0.1, 0.15) is 98.3 Å². The van der Waals surface area contributed by atoms with Gasteiger partial charge in [-0.05, 0) is 97.2 Å². The van der Waals surface area contributed by atoms with Gasteiger partial charge in [0.15, 0.2) is 0 Å². The SMILES string of the molecule is CC[C@H]1C(O)C2C(CC[C@@]3(C)[C@@H]2CC[C@@H]3[C@H](C)CCC(=O)O)[C@@]2(C)CCCC[C@@H]12. The van der Waals surface area contributed by atoms with E-state index in [1.807, 2.05) is 0 Å². The van der Waals surface area contributed by atoms with Crippen LogP contribution in [0, 0.1) is 52.3 Å². The minimum Gasteiger partial charge on any atom is -0.481 e. The zero-order chi connectivity index (χ0) is 21.0. The van der Waals surface area contributed by atoms with Gasteiger partial charge in [0.25, 0.3) is 0 Å². The summed E-state index contributed by atoms with van der Waals surface area (Å²) in [7, 11) is 0. The third kappa shape index (κ3) is 3.29. The van der Waals surface area contributed by atoms with Crippen LogP contribution < -0.4 is 0 Å². The van der Waals surface area contributed by atoms with E-state index in [9.17, 15) is 9.90 Å². The standard InChI is InChI=1S/C26H44O3/c1-5-17-19-8-6-7-14-25(19,3)21-13-15-26(4)18(16(2)9-12-22(27)28)10-11-20(26)23(21)24(17)29/h16-21,23-24,29H,5-15H2,1-4H3,(H,27,28)/t16-,17-,18-,19+,20-,21?,23?,24?,25+,26-/m1/s1. The Balaban J connectivity index is 1.61. The van der Waals surface area contributed by atoms with Gasteiger partial charge in [-0.25, -0.2) is 0 Å². The van der Waals surface area contributed by atoms with Gasteiger partial charge in [0.1, 0.15) is 0 Å². The summed E-state index contributed by atoms with van der Waals surface area (Å²) in [5.74, 6) is 3.41. The van der Waals surface area contributed by atoms with Gasteiger partial charge in [0, 0.05) is 6.42 Å². The molecule has 0 bridgehead atoms. The number of carbonyl (C=O) groups is 1. The molecule has 0 radical (unpaired) electrons. The molecule has 3 heteroatoms. The van der Waals surface area contributed by atoms with E-state index >= 15 is 0 Å². The van der Waals surface area contributed by atoms with Crippen molar-refractivity contribution in [3.63, 3.8) is 0 Å². The summed E-state index contributed by atoms with van der Waals surface area (Å²) in [6.45, 7) is 9.69. The molecule has 0 aliphatic heterocycles. The number of fused-ring (bicyclic) bond motifs is 5. The second-order valence-corrected chi connectivity index (χ2v) is 11.8. The molecule has 10 atom stereocenters. The first kappa shape index (κ1) is 21.7. The van der Waals surface area contributed by atoms with Crippen molar-refractivity contribution in [3.8, 4) is 0 Å². The smallest absolute Gasteiger partial charge is 0.303 e. The quantitative estimate of drug-likeness (QED) is 0.578. The maximum atomic E-state index is 11.7. The zero-order valence-electron chi connectivity index (χ0n) is 19.2. The van der Waals surface area contributed by atoms with Crippen LogP contribution >= 0.6 is 0 Å². The number of aliphatic hydroxyl groups is 1. The highest BCUT2D eigenvalue weighted by Crippen LogP contribution is 2.69. The Kier molecular flexibility index (Phi) is 5.86. The lowest BCUT2D eigenvalue weighted by atomic mass is 9.41. The number of carboxylic acids is 1. The molecule has 0 heterocycles. The number of aliphatic carboxylic acids is 1. The molecule has 0 aromatic rings. The second-order valence-electron chi connectivity index (χ2n) is 11.8. The molecule has 0 amide bonds. The summed E-state index contributed by atoms with van der Waals surface area (Å²) in [6.07, 6.45) is 12.5. The number of rotatable bonds is 5. The van der Waals surface area contributed by atoms with Crippen molar-refractivity contribution in [3.05, 3.63) is 0 Å². The zero-order valence-corrected chi connectivity index (χ0v) is 19.2. The Labute approximate surface area is 178 Å². The van der Waals surface area contributed by atoms with Crippen molar-refractivity contribution in [2.45, 2.75) is 104 Å². The van der Waals surface area contributed by atoms with Gasteiger partial charge in [-0.2, -0.15) is 0 Å². The molecule has 4 aliphatic rings. The van der Waals surface area contributed by atoms with Gasteiger partial charge < -0.3 is 10.2 Å². The van der Waals surface area contributed by atoms with Gasteiger partial charge in [0.05, 0.1) is 6.10 Å². The molecule has 3 unspecified atom stereocenters. The van der Waals surface area contributed by atoms with Crippen LogP contribution in [0.2, 0.25) is 0 Å². The van der Waals surface area contributed by atoms with E-state index in [-0.39, 0.29) is 11.5 Å². The summed E-state index contributed by atoms with van der Waals surface area (Å²) >= 11 is 0. The van der Waals surface area contributed by atoms with Crippen molar-refractivity contribution in [2.24, 2.45) is 52.3 Å². The fraction of sp³-hybridized carbons (Fsp3) is 0.962. The molecule has 4 rings (SSSR count). The van der Waals surface area contributed by atoms with Crippen molar-refractivity contribution in [2.75, 3.05) is 0 Å². The summed E-state index contributed by atoms with van der Waals surface area (Å²) in [6, 6.07) is 0. The first-order valence-corrected chi connectivity index (χ1v) is 12.6. The molecule has 0 aromatic heterocycles. The van der Waals surface area contributed by atoms with E-state index in [1.54, 1.807) is 0 Å². The number of hydrogen-bond donors (Lipinski definition) is 2. The molecule has 4 fully saturated rings. The van der Waals surface area contributed by atoms with Crippen LogP contribution in [-0.2, 0) is 4.79 Å². The van der Waals surface area contributed by atoms with Crippen LogP contribution in [0.4, 0.5) is 0 Å². The monoisotopic (exact) mass is 404 g/mol. The van der Waals surface area contributed by atoms with E-state index in [4.69, 9.17) is 5.11 Å². The van der Waals surface area contributed by atoms with Crippen LogP contribution in [-0.4, -0.2) is 22.3 Å². The summed E-state index contributed by atoms with van der Waals surface area (Å²) in [5, 5.41) is 20.9. The fourth-order valence-corrected chi connectivity index (χ4v) is 9.57. The highest BCUT2D eigenvalue weighted by atomic mass is 16.4. The minimum atomic E-state index is -0.662. The van der Waals surface area contributed by atoms with Crippen molar-refractivity contribution >= 4 is 5.97 Å². The van der Waals surface area contributed by atoms with Crippen LogP contribution in [0.3, 0.4) is 0 Å². The van der Waals surface area contributed by atoms with Crippen LogP contribution in [0.25, 0.3) is 0 Å². The summed E-state index contributed by atoms with van der Waals surface area (Å²) < 4.78 is 0. The predicted molar refractivity (Wildman–Crippen MR) is 116 cm³/mol. The Morgan fingerprint density at radius 2 is 1.72 bits per heavy atom. The van der Waals surface area contributed by atoms with Crippen molar-refractivity contribution < 1.29 is 15.0 Å². The molecule has 0 saturated heterocycles. The van der Waals surface area contributed by atoms with Gasteiger partial charge in [-0.3, -0.25) is 4.79 Å². The van der Waals surface area contributed by atoms with E-state index < -0.39 is 5.97 Å². The maximum Gasteiger partial charge on any atom is 0.303 e. The second kappa shape index (κ2) is 7.84. The fourth-order valence-electron chi connectivity index (χ4n) is 9.57. The Hall–Kier alpha value is -0.570. The van der Waals surface area contributed by atoms with Crippen molar-refractivity contribution in [1.29, 1.82) is 0 Å². The third-order valence-electron chi connectivity index (χ3n) is 10.9. The van der Waals surface area contributed by atoms with E-state index in [0.717, 1.165) is 12.8 Å². The van der Waals surface area contributed by atoms with Gasteiger partial charge in [-0.15, -0.1) is 0 Å². The largest absolute Gasteiger partial charge is 0.481 e. The molecule has 4 aliphatic carbocycles. The normalized spacial score (nSPS) is 50.3. The topological polar surface area (TPSA) is 57.5 Å². The van der Waals surface area contributed by atoms with E-state index in [1.165, 1.54) is 51.4 Å². The molecule has 2 N–H and O–H groups in total. The van der Waals surface area contributed by atoms with E-state index in [0.29, 0.717) is 53.3 Å². The lowest BCUT2D eigenvalue weighted by Crippen LogP contribution is -2.61. The average Bonchev–Trinajstić information content (AvgIpc) is 3.04. The number of hydrogen-bond acceptors (Lipinski definition) is 2. The van der Waals surface area contributed by atoms with Gasteiger partial charge in [-0.1, -0.05) is 47.0 Å². The molecule has 0 aromatic carbocycles. The number of aliphatic hydroxyl groups excluding tert-OH is 1. The average molecular weight is 405 g/mol. The van der Waals surface area contributed by atoms with Crippen LogP contribution in [0.15, 0.2) is 0 Å². The molecule has 4 saturated carbocycles. The minimum absolute atomic E-state index is 0.126. The molecule has 29 heavy (non-hydrogen) atoms. The van der Waals surface area contributed by atoms with Gasteiger partial charge in [0.2, 0.25) is 0 Å². The lowest BCUT2D eigenvalue weighted by Gasteiger charge is -2.64. The van der Waals surface area contributed by atoms with Crippen LogP contribution in [0.5, 0.6) is 0 Å². The Morgan fingerprint density at radius 1 is 1.00 bits per heavy atom. The molecule has 0 spiro atoms. The first-order chi connectivity index (χ1) is 13.7. The molecule has 3 nitrogen and oxygen atoms in total. The molecular formula is C26H44O3. The lowest BCUT2D eigenvalue weighted by molar-refractivity contribution is -0.194. The van der Waals surface area contributed by atoms with Crippen molar-refractivity contribution in [1.82, 2.24) is 0 Å². The maximum absolute atomic E-state index is 11.7. The molecular weight excluding hydrogens is 360 g/mol. The Morgan fingerprint density at radius 3 is 2.41 bits per heavy atom. The third-order valence-corrected chi connectivity index (χ3v) is 10.9. The summed E-state index contributed by atoms with van der Waals surface area (Å²) in [5.41, 5.74) is 0.716.